The van der Waals surface area contributed by atoms with E-state index in [2.05, 4.69) is 4.98 Å². The summed E-state index contributed by atoms with van der Waals surface area (Å²) >= 11 is 7.40. The summed E-state index contributed by atoms with van der Waals surface area (Å²) in [6.07, 6.45) is 2.56. The summed E-state index contributed by atoms with van der Waals surface area (Å²) in [7, 11) is 1.80. The highest BCUT2D eigenvalue weighted by atomic mass is 35.5. The first-order valence-corrected chi connectivity index (χ1v) is 6.82. The Hall–Kier alpha value is -1.39. The first-order chi connectivity index (χ1) is 8.66. The summed E-state index contributed by atoms with van der Waals surface area (Å²) < 4.78 is 0. The molecule has 0 unspecified atom stereocenters. The number of amides is 1. The second-order valence-electron chi connectivity index (χ2n) is 3.91. The van der Waals surface area contributed by atoms with Crippen molar-refractivity contribution >= 4 is 28.8 Å². The smallest absolute Gasteiger partial charge is 0.253 e. The van der Waals surface area contributed by atoms with Crippen LogP contribution in [0.3, 0.4) is 0 Å². The Bertz CT molecular complexity index is 510. The average Bonchev–Trinajstić information content (AvgIpc) is 2.89. The van der Waals surface area contributed by atoms with E-state index in [0.29, 0.717) is 17.1 Å². The third kappa shape index (κ3) is 3.31. The molecule has 2 aromatic rings. The number of hydrogen-bond donors (Lipinski definition) is 0. The van der Waals surface area contributed by atoms with Gasteiger partial charge in [-0.2, -0.15) is 0 Å². The highest BCUT2D eigenvalue weighted by Crippen LogP contribution is 2.12. The second kappa shape index (κ2) is 5.98. The average molecular weight is 281 g/mol. The third-order valence-electron chi connectivity index (χ3n) is 2.58. The van der Waals surface area contributed by atoms with Crippen LogP contribution in [0.5, 0.6) is 0 Å². The molecule has 0 saturated carbocycles. The molecule has 0 bridgehead atoms. The number of benzene rings is 1. The molecular formula is C13H13ClN2OS. The quantitative estimate of drug-likeness (QED) is 0.862. The van der Waals surface area contributed by atoms with E-state index in [1.165, 1.54) is 0 Å². The number of carbonyl (C=O) groups excluding carboxylic acids is 1. The lowest BCUT2D eigenvalue weighted by Crippen LogP contribution is -2.28. The summed E-state index contributed by atoms with van der Waals surface area (Å²) in [6, 6.07) is 6.93. The Balaban J connectivity index is 1.94. The van der Waals surface area contributed by atoms with Crippen LogP contribution in [0.15, 0.2) is 35.8 Å². The molecule has 18 heavy (non-hydrogen) atoms. The molecular weight excluding hydrogens is 268 g/mol. The van der Waals surface area contributed by atoms with Gasteiger partial charge < -0.3 is 4.90 Å². The minimum atomic E-state index is 0.00298. The minimum Gasteiger partial charge on any atom is -0.341 e. The molecule has 0 N–H and O–H groups in total. The lowest BCUT2D eigenvalue weighted by Gasteiger charge is -2.16. The Morgan fingerprint density at radius 1 is 1.39 bits per heavy atom. The van der Waals surface area contributed by atoms with Crippen LogP contribution in [-0.4, -0.2) is 29.4 Å². The van der Waals surface area contributed by atoms with Crippen LogP contribution < -0.4 is 0 Å². The van der Waals surface area contributed by atoms with E-state index >= 15 is 0 Å². The van der Waals surface area contributed by atoms with E-state index in [-0.39, 0.29) is 5.91 Å². The maximum absolute atomic E-state index is 12.1. The van der Waals surface area contributed by atoms with Crippen LogP contribution in [0.4, 0.5) is 0 Å². The molecule has 0 aliphatic heterocycles. The van der Waals surface area contributed by atoms with Crippen LogP contribution in [0.2, 0.25) is 5.02 Å². The van der Waals surface area contributed by atoms with Gasteiger partial charge in [-0.1, -0.05) is 11.6 Å². The van der Waals surface area contributed by atoms with Gasteiger partial charge >= 0.3 is 0 Å². The lowest BCUT2D eigenvalue weighted by molar-refractivity contribution is 0.0796. The zero-order chi connectivity index (χ0) is 13.0. The van der Waals surface area contributed by atoms with Gasteiger partial charge in [0.05, 0.1) is 5.01 Å². The van der Waals surface area contributed by atoms with E-state index in [4.69, 9.17) is 11.6 Å². The van der Waals surface area contributed by atoms with E-state index in [9.17, 15) is 4.79 Å². The molecule has 0 fully saturated rings. The highest BCUT2D eigenvalue weighted by Gasteiger charge is 2.11. The number of aromatic nitrogens is 1. The monoisotopic (exact) mass is 280 g/mol. The maximum Gasteiger partial charge on any atom is 0.253 e. The van der Waals surface area contributed by atoms with E-state index in [1.807, 2.05) is 5.38 Å². The SMILES string of the molecule is CN(CCc1nccs1)C(=O)c1ccc(Cl)cc1. The molecule has 1 aromatic heterocycles. The molecule has 0 atom stereocenters. The van der Waals surface area contributed by atoms with Crippen LogP contribution in [-0.2, 0) is 6.42 Å². The van der Waals surface area contributed by atoms with Crippen molar-refractivity contribution in [3.8, 4) is 0 Å². The van der Waals surface area contributed by atoms with Gasteiger partial charge in [0.15, 0.2) is 0 Å². The molecule has 2 rings (SSSR count). The van der Waals surface area contributed by atoms with Gasteiger partial charge in [0, 0.05) is 42.2 Å². The number of halogens is 1. The van der Waals surface area contributed by atoms with Crippen molar-refractivity contribution in [2.24, 2.45) is 0 Å². The molecule has 1 heterocycles. The van der Waals surface area contributed by atoms with Crippen molar-refractivity contribution in [2.75, 3.05) is 13.6 Å². The van der Waals surface area contributed by atoms with Gasteiger partial charge in [0.2, 0.25) is 0 Å². The molecule has 3 nitrogen and oxygen atoms in total. The zero-order valence-corrected chi connectivity index (χ0v) is 11.5. The number of nitrogens with zero attached hydrogens (tertiary/aromatic N) is 2. The molecule has 0 aliphatic rings. The van der Waals surface area contributed by atoms with Crippen LogP contribution in [0.1, 0.15) is 15.4 Å². The van der Waals surface area contributed by atoms with E-state index < -0.39 is 0 Å². The highest BCUT2D eigenvalue weighted by molar-refractivity contribution is 7.09. The fraction of sp³-hybridized carbons (Fsp3) is 0.231. The normalized spacial score (nSPS) is 10.3. The van der Waals surface area contributed by atoms with Gasteiger partial charge in [0.1, 0.15) is 0 Å². The number of thiazole rings is 1. The third-order valence-corrected chi connectivity index (χ3v) is 3.67. The largest absolute Gasteiger partial charge is 0.341 e. The second-order valence-corrected chi connectivity index (χ2v) is 5.32. The first kappa shape index (κ1) is 13.1. The number of carbonyl (C=O) groups is 1. The van der Waals surface area contributed by atoms with Crippen LogP contribution >= 0.6 is 22.9 Å². The van der Waals surface area contributed by atoms with Crippen molar-refractivity contribution in [1.29, 1.82) is 0 Å². The predicted molar refractivity (Wildman–Crippen MR) is 74.2 cm³/mol. The van der Waals surface area contributed by atoms with Crippen molar-refractivity contribution in [2.45, 2.75) is 6.42 Å². The molecule has 5 heteroatoms. The fourth-order valence-corrected chi connectivity index (χ4v) is 2.29. The summed E-state index contributed by atoms with van der Waals surface area (Å²) in [5.41, 5.74) is 0.654. The molecule has 0 radical (unpaired) electrons. The summed E-state index contributed by atoms with van der Waals surface area (Å²) in [4.78, 5) is 18.0. The Morgan fingerprint density at radius 3 is 2.72 bits per heavy atom. The van der Waals surface area contributed by atoms with Gasteiger partial charge in [0.25, 0.3) is 5.91 Å². The summed E-state index contributed by atoms with van der Waals surface area (Å²) in [5, 5.41) is 3.62. The number of rotatable bonds is 4. The topological polar surface area (TPSA) is 33.2 Å². The van der Waals surface area contributed by atoms with E-state index in [1.54, 1.807) is 53.7 Å². The van der Waals surface area contributed by atoms with Gasteiger partial charge in [-0.25, -0.2) is 4.98 Å². The first-order valence-electron chi connectivity index (χ1n) is 5.56. The van der Waals surface area contributed by atoms with Crippen LogP contribution in [0, 0.1) is 0 Å². The Labute approximate surface area is 115 Å². The van der Waals surface area contributed by atoms with Crippen molar-refractivity contribution in [3.63, 3.8) is 0 Å². The minimum absolute atomic E-state index is 0.00298. The standard InChI is InChI=1S/C13H13ClN2OS/c1-16(8-6-12-15-7-9-18-12)13(17)10-2-4-11(14)5-3-10/h2-5,7,9H,6,8H2,1H3. The molecule has 1 amide bonds. The molecule has 94 valence electrons. The molecule has 0 spiro atoms. The fourth-order valence-electron chi connectivity index (χ4n) is 1.55. The number of likely N-dealkylation sites (N-methyl/N-ethyl adjacent to an activating group) is 1. The summed E-state index contributed by atoms with van der Waals surface area (Å²) in [5.74, 6) is 0.00298. The molecule has 0 saturated heterocycles. The predicted octanol–water partition coefficient (Wildman–Crippen LogP) is 3.11. The van der Waals surface area contributed by atoms with E-state index in [0.717, 1.165) is 11.4 Å². The van der Waals surface area contributed by atoms with Gasteiger partial charge in [-0.15, -0.1) is 11.3 Å². The summed E-state index contributed by atoms with van der Waals surface area (Å²) in [6.45, 7) is 0.662. The van der Waals surface area contributed by atoms with Crippen LogP contribution in [0.25, 0.3) is 0 Å². The molecule has 0 aliphatic carbocycles. The number of hydrogen-bond acceptors (Lipinski definition) is 3. The Kier molecular flexibility index (Phi) is 4.33. The Morgan fingerprint density at radius 2 is 2.11 bits per heavy atom. The zero-order valence-electron chi connectivity index (χ0n) is 9.97. The lowest BCUT2D eigenvalue weighted by atomic mass is 10.2. The van der Waals surface area contributed by atoms with Crippen molar-refractivity contribution in [1.82, 2.24) is 9.88 Å². The van der Waals surface area contributed by atoms with Crippen molar-refractivity contribution in [3.05, 3.63) is 51.4 Å². The molecule has 1 aromatic carbocycles. The van der Waals surface area contributed by atoms with Crippen molar-refractivity contribution < 1.29 is 4.79 Å². The maximum atomic E-state index is 12.1. The van der Waals surface area contributed by atoms with Gasteiger partial charge in [-0.05, 0) is 24.3 Å². The van der Waals surface area contributed by atoms with Gasteiger partial charge in [-0.3, -0.25) is 4.79 Å².